The molecule has 2 rings (SSSR count). The van der Waals surface area contributed by atoms with Gasteiger partial charge < -0.3 is 14.6 Å². The van der Waals surface area contributed by atoms with Crippen molar-refractivity contribution in [3.63, 3.8) is 0 Å². The topological polar surface area (TPSA) is 56.5 Å². The van der Waals surface area contributed by atoms with Crippen LogP contribution in [0.25, 0.3) is 0 Å². The van der Waals surface area contributed by atoms with Crippen LogP contribution in [0.5, 0.6) is 11.5 Å². The predicted octanol–water partition coefficient (Wildman–Crippen LogP) is 2.30. The van der Waals surface area contributed by atoms with Gasteiger partial charge in [-0.1, -0.05) is 6.07 Å². The van der Waals surface area contributed by atoms with Gasteiger partial charge in [-0.3, -0.25) is 4.68 Å². The minimum Gasteiger partial charge on any atom is -0.490 e. The molecular weight excluding hydrogens is 256 g/mol. The molecular formula is C15H20N2O3. The number of benzene rings is 1. The molecule has 1 heterocycles. The lowest BCUT2D eigenvalue weighted by molar-refractivity contribution is 0.208. The van der Waals surface area contributed by atoms with Crippen LogP contribution in [0.2, 0.25) is 0 Å². The molecule has 0 bridgehead atoms. The second kappa shape index (κ2) is 6.43. The standard InChI is InChI=1S/C15H20N2O3/c1-4-19-13-7-6-11(10-14(13)20-5-2)15(18)12-8-9-16-17(12)3/h6-10,15,18H,4-5H2,1-3H3. The molecule has 0 aliphatic heterocycles. The SMILES string of the molecule is CCOc1ccc(C(O)c2ccnn2C)cc1OCC. The van der Waals surface area contributed by atoms with E-state index in [1.54, 1.807) is 24.0 Å². The fraction of sp³-hybridized carbons (Fsp3) is 0.400. The zero-order valence-electron chi connectivity index (χ0n) is 12.0. The summed E-state index contributed by atoms with van der Waals surface area (Å²) in [6.07, 6.45) is 0.925. The summed E-state index contributed by atoms with van der Waals surface area (Å²) in [7, 11) is 1.80. The maximum atomic E-state index is 10.4. The van der Waals surface area contributed by atoms with E-state index in [9.17, 15) is 5.11 Å². The molecule has 0 amide bonds. The summed E-state index contributed by atoms with van der Waals surface area (Å²) < 4.78 is 12.7. The molecule has 0 saturated heterocycles. The summed E-state index contributed by atoms with van der Waals surface area (Å²) in [4.78, 5) is 0. The molecule has 0 fully saturated rings. The number of rotatable bonds is 6. The van der Waals surface area contributed by atoms with Gasteiger partial charge in [0.25, 0.3) is 0 Å². The fourth-order valence-electron chi connectivity index (χ4n) is 2.06. The molecule has 0 spiro atoms. The number of aryl methyl sites for hydroxylation is 1. The van der Waals surface area contributed by atoms with Crippen molar-refractivity contribution >= 4 is 0 Å². The Hall–Kier alpha value is -2.01. The van der Waals surface area contributed by atoms with Crippen LogP contribution in [0.3, 0.4) is 0 Å². The normalized spacial score (nSPS) is 12.2. The van der Waals surface area contributed by atoms with E-state index in [4.69, 9.17) is 9.47 Å². The van der Waals surface area contributed by atoms with Crippen molar-refractivity contribution in [1.29, 1.82) is 0 Å². The Kier molecular flexibility index (Phi) is 4.63. The molecule has 1 N–H and O–H groups in total. The first kappa shape index (κ1) is 14.4. The Labute approximate surface area is 118 Å². The molecule has 0 aliphatic rings. The lowest BCUT2D eigenvalue weighted by Gasteiger charge is -2.15. The summed E-state index contributed by atoms with van der Waals surface area (Å²) in [5.74, 6) is 1.34. The largest absolute Gasteiger partial charge is 0.490 e. The Morgan fingerprint density at radius 2 is 1.85 bits per heavy atom. The van der Waals surface area contributed by atoms with Crippen molar-refractivity contribution in [2.45, 2.75) is 20.0 Å². The van der Waals surface area contributed by atoms with Crippen molar-refractivity contribution in [2.75, 3.05) is 13.2 Å². The molecule has 0 aliphatic carbocycles. The molecule has 1 unspecified atom stereocenters. The molecule has 5 nitrogen and oxygen atoms in total. The molecule has 0 saturated carbocycles. The van der Waals surface area contributed by atoms with Crippen LogP contribution < -0.4 is 9.47 Å². The van der Waals surface area contributed by atoms with E-state index in [2.05, 4.69) is 5.10 Å². The summed E-state index contributed by atoms with van der Waals surface area (Å²) >= 11 is 0. The summed E-state index contributed by atoms with van der Waals surface area (Å²) in [5, 5.41) is 14.5. The first-order valence-electron chi connectivity index (χ1n) is 6.72. The summed E-state index contributed by atoms with van der Waals surface area (Å²) in [6.45, 7) is 4.96. The number of nitrogens with zero attached hydrogens (tertiary/aromatic N) is 2. The molecule has 5 heteroatoms. The zero-order valence-corrected chi connectivity index (χ0v) is 12.0. The highest BCUT2D eigenvalue weighted by Gasteiger charge is 2.16. The highest BCUT2D eigenvalue weighted by atomic mass is 16.5. The lowest BCUT2D eigenvalue weighted by atomic mass is 10.1. The highest BCUT2D eigenvalue weighted by molar-refractivity contribution is 5.44. The number of aliphatic hydroxyl groups is 1. The van der Waals surface area contributed by atoms with Crippen LogP contribution in [0, 0.1) is 0 Å². The lowest BCUT2D eigenvalue weighted by Crippen LogP contribution is -2.07. The molecule has 1 aromatic heterocycles. The second-order valence-corrected chi connectivity index (χ2v) is 4.35. The smallest absolute Gasteiger partial charge is 0.161 e. The minimum absolute atomic E-state index is 0.547. The van der Waals surface area contributed by atoms with Gasteiger partial charge in [-0.15, -0.1) is 0 Å². The van der Waals surface area contributed by atoms with E-state index in [-0.39, 0.29) is 0 Å². The van der Waals surface area contributed by atoms with E-state index in [1.165, 1.54) is 0 Å². The van der Waals surface area contributed by atoms with Crippen LogP contribution in [-0.2, 0) is 7.05 Å². The van der Waals surface area contributed by atoms with Crippen molar-refractivity contribution < 1.29 is 14.6 Å². The quantitative estimate of drug-likeness (QED) is 0.879. The van der Waals surface area contributed by atoms with Gasteiger partial charge >= 0.3 is 0 Å². The monoisotopic (exact) mass is 276 g/mol. The third-order valence-electron chi connectivity index (χ3n) is 3.02. The number of aliphatic hydroxyl groups excluding tert-OH is 1. The Balaban J connectivity index is 2.32. The average molecular weight is 276 g/mol. The van der Waals surface area contributed by atoms with Crippen molar-refractivity contribution in [1.82, 2.24) is 9.78 Å². The fourth-order valence-corrected chi connectivity index (χ4v) is 2.06. The van der Waals surface area contributed by atoms with Gasteiger partial charge in [0.15, 0.2) is 11.5 Å². The van der Waals surface area contributed by atoms with E-state index >= 15 is 0 Å². The van der Waals surface area contributed by atoms with Gasteiger partial charge in [-0.25, -0.2) is 0 Å². The molecule has 1 aromatic carbocycles. The van der Waals surface area contributed by atoms with Gasteiger partial charge in [0, 0.05) is 13.2 Å². The number of aromatic nitrogens is 2. The van der Waals surface area contributed by atoms with Crippen LogP contribution in [0.15, 0.2) is 30.5 Å². The first-order chi connectivity index (χ1) is 9.67. The molecule has 2 aromatic rings. The van der Waals surface area contributed by atoms with Gasteiger partial charge in [0.1, 0.15) is 6.10 Å². The van der Waals surface area contributed by atoms with Crippen LogP contribution >= 0.6 is 0 Å². The highest BCUT2D eigenvalue weighted by Crippen LogP contribution is 2.32. The Morgan fingerprint density at radius 1 is 1.15 bits per heavy atom. The maximum absolute atomic E-state index is 10.4. The third kappa shape index (κ3) is 2.93. The average Bonchev–Trinajstić information content (AvgIpc) is 2.86. The Morgan fingerprint density at radius 3 is 2.45 bits per heavy atom. The van der Waals surface area contributed by atoms with Crippen LogP contribution in [-0.4, -0.2) is 28.1 Å². The van der Waals surface area contributed by atoms with Gasteiger partial charge in [-0.05, 0) is 37.6 Å². The summed E-state index contributed by atoms with van der Waals surface area (Å²) in [6, 6.07) is 7.27. The van der Waals surface area contributed by atoms with Crippen LogP contribution in [0.1, 0.15) is 31.2 Å². The summed E-state index contributed by atoms with van der Waals surface area (Å²) in [5.41, 5.74) is 1.48. The maximum Gasteiger partial charge on any atom is 0.161 e. The third-order valence-corrected chi connectivity index (χ3v) is 3.02. The predicted molar refractivity (Wildman–Crippen MR) is 76.0 cm³/mol. The van der Waals surface area contributed by atoms with Crippen molar-refractivity contribution in [2.24, 2.45) is 7.05 Å². The molecule has 20 heavy (non-hydrogen) atoms. The number of ether oxygens (including phenoxy) is 2. The molecule has 0 radical (unpaired) electrons. The van der Waals surface area contributed by atoms with E-state index in [0.717, 1.165) is 11.3 Å². The van der Waals surface area contributed by atoms with E-state index in [1.807, 2.05) is 32.0 Å². The van der Waals surface area contributed by atoms with Crippen molar-refractivity contribution in [3.8, 4) is 11.5 Å². The van der Waals surface area contributed by atoms with Gasteiger partial charge in [0.05, 0.1) is 18.9 Å². The van der Waals surface area contributed by atoms with Crippen LogP contribution in [0.4, 0.5) is 0 Å². The molecule has 1 atom stereocenters. The van der Waals surface area contributed by atoms with Crippen molar-refractivity contribution in [3.05, 3.63) is 41.7 Å². The first-order valence-corrected chi connectivity index (χ1v) is 6.72. The number of hydrogen-bond donors (Lipinski definition) is 1. The van der Waals surface area contributed by atoms with Gasteiger partial charge in [0.2, 0.25) is 0 Å². The Bertz CT molecular complexity index is 566. The van der Waals surface area contributed by atoms with E-state index in [0.29, 0.717) is 24.7 Å². The van der Waals surface area contributed by atoms with E-state index < -0.39 is 6.10 Å². The molecule has 108 valence electrons. The minimum atomic E-state index is -0.739. The van der Waals surface area contributed by atoms with Gasteiger partial charge in [-0.2, -0.15) is 5.10 Å². The zero-order chi connectivity index (χ0) is 14.5. The second-order valence-electron chi connectivity index (χ2n) is 4.35. The number of hydrogen-bond acceptors (Lipinski definition) is 4.